The zero-order valence-corrected chi connectivity index (χ0v) is 6.80. The fraction of sp³-hybridized carbons (Fsp3) is 0.600. The summed E-state index contributed by atoms with van der Waals surface area (Å²) in [6.07, 6.45) is 1.81. The highest BCUT2D eigenvalue weighted by Gasteiger charge is 2.01. The minimum atomic E-state index is -0.0151. The van der Waals surface area contributed by atoms with Crippen LogP contribution in [0.15, 0.2) is 6.20 Å². The van der Waals surface area contributed by atoms with Crippen LogP contribution in [0.4, 0.5) is 0 Å². The van der Waals surface area contributed by atoms with E-state index in [0.29, 0.717) is 0 Å². The maximum Gasteiger partial charge on any atom is 0.0991 e. The summed E-state index contributed by atoms with van der Waals surface area (Å²) in [4.78, 5) is 0. The van der Waals surface area contributed by atoms with E-state index >= 15 is 0 Å². The fourth-order valence-corrected chi connectivity index (χ4v) is 0.574. The summed E-state index contributed by atoms with van der Waals surface area (Å²) in [7, 11) is 1.82. The van der Waals surface area contributed by atoms with Crippen LogP contribution < -0.4 is 5.73 Å². The molecule has 1 unspecified atom stereocenters. The molecule has 1 atom stereocenters. The summed E-state index contributed by atoms with van der Waals surface area (Å²) in [6, 6.07) is -0.0151. The average Bonchev–Trinajstić information content (AvgIpc) is 2.14. The van der Waals surface area contributed by atoms with Crippen molar-refractivity contribution in [1.29, 1.82) is 0 Å². The van der Waals surface area contributed by atoms with Crippen molar-refractivity contribution < 1.29 is 0 Å². The second kappa shape index (κ2) is 3.53. The molecule has 2 N–H and O–H groups in total. The highest BCUT2D eigenvalue weighted by Crippen LogP contribution is 2.01. The van der Waals surface area contributed by atoms with Gasteiger partial charge in [0.05, 0.1) is 5.69 Å². The molecular formula is C5H11ClN4. The molecule has 5 heteroatoms. The van der Waals surface area contributed by atoms with E-state index in [1.54, 1.807) is 4.68 Å². The second-order valence-electron chi connectivity index (χ2n) is 2.11. The molecule has 0 amide bonds. The smallest absolute Gasteiger partial charge is 0.0991 e. The molecule has 1 aromatic heterocycles. The molecule has 0 fully saturated rings. The Bertz CT molecular complexity index is 195. The first kappa shape index (κ1) is 9.39. The molecule has 1 rings (SSSR count). The maximum absolute atomic E-state index is 5.51. The first-order chi connectivity index (χ1) is 4.20. The lowest BCUT2D eigenvalue weighted by Crippen LogP contribution is -2.04. The van der Waals surface area contributed by atoms with Gasteiger partial charge in [-0.15, -0.1) is 17.5 Å². The van der Waals surface area contributed by atoms with Crippen LogP contribution in [-0.2, 0) is 7.05 Å². The number of nitrogens with two attached hydrogens (primary N) is 1. The first-order valence-corrected chi connectivity index (χ1v) is 2.82. The van der Waals surface area contributed by atoms with E-state index in [1.807, 2.05) is 20.2 Å². The monoisotopic (exact) mass is 162 g/mol. The summed E-state index contributed by atoms with van der Waals surface area (Å²) in [5.74, 6) is 0. The molecule has 58 valence electrons. The van der Waals surface area contributed by atoms with Gasteiger partial charge < -0.3 is 5.73 Å². The molecule has 0 spiro atoms. The molecule has 10 heavy (non-hydrogen) atoms. The molecule has 0 radical (unpaired) electrons. The molecule has 0 aliphatic carbocycles. The van der Waals surface area contributed by atoms with Crippen LogP contribution in [0.25, 0.3) is 0 Å². The van der Waals surface area contributed by atoms with Crippen molar-refractivity contribution in [2.24, 2.45) is 12.8 Å². The van der Waals surface area contributed by atoms with E-state index in [1.165, 1.54) is 0 Å². The number of halogens is 1. The number of hydrogen-bond acceptors (Lipinski definition) is 3. The van der Waals surface area contributed by atoms with E-state index in [0.717, 1.165) is 5.69 Å². The number of aryl methyl sites for hydroxylation is 1. The second-order valence-corrected chi connectivity index (χ2v) is 2.11. The number of aromatic nitrogens is 3. The van der Waals surface area contributed by atoms with Crippen LogP contribution in [0.3, 0.4) is 0 Å². The van der Waals surface area contributed by atoms with Crippen molar-refractivity contribution in [1.82, 2.24) is 15.0 Å². The van der Waals surface area contributed by atoms with E-state index in [-0.39, 0.29) is 18.4 Å². The Morgan fingerprint density at radius 3 is 2.50 bits per heavy atom. The minimum absolute atomic E-state index is 0. The molecular weight excluding hydrogens is 152 g/mol. The Morgan fingerprint density at radius 2 is 2.30 bits per heavy atom. The van der Waals surface area contributed by atoms with Gasteiger partial charge in [0.1, 0.15) is 0 Å². The quantitative estimate of drug-likeness (QED) is 0.645. The Balaban J connectivity index is 0.000000810. The summed E-state index contributed by atoms with van der Waals surface area (Å²) >= 11 is 0. The number of hydrogen-bond donors (Lipinski definition) is 1. The van der Waals surface area contributed by atoms with Gasteiger partial charge in [-0.2, -0.15) is 0 Å². The van der Waals surface area contributed by atoms with Gasteiger partial charge in [0, 0.05) is 19.3 Å². The van der Waals surface area contributed by atoms with Gasteiger partial charge in [-0.3, -0.25) is 4.68 Å². The molecule has 0 bridgehead atoms. The van der Waals surface area contributed by atoms with Crippen LogP contribution in [0, 0.1) is 0 Å². The average molecular weight is 163 g/mol. The van der Waals surface area contributed by atoms with Crippen molar-refractivity contribution in [2.75, 3.05) is 0 Å². The zero-order valence-electron chi connectivity index (χ0n) is 5.98. The van der Waals surface area contributed by atoms with Crippen LogP contribution in [0.5, 0.6) is 0 Å². The lowest BCUT2D eigenvalue weighted by atomic mass is 10.3. The largest absolute Gasteiger partial charge is 0.323 e. The zero-order chi connectivity index (χ0) is 6.85. The Kier molecular flexibility index (Phi) is 3.32. The predicted octanol–water partition coefficient (Wildman–Crippen LogP) is 0.257. The van der Waals surface area contributed by atoms with Crippen LogP contribution in [0.1, 0.15) is 18.7 Å². The standard InChI is InChI=1S/C5H10N4.ClH/c1-4(6)5-3-9(2)8-7-5;/h3-4H,6H2,1-2H3;1H. The van der Waals surface area contributed by atoms with E-state index in [2.05, 4.69) is 10.3 Å². The van der Waals surface area contributed by atoms with Crippen molar-refractivity contribution in [3.63, 3.8) is 0 Å². The normalized spacial score (nSPS) is 12.3. The van der Waals surface area contributed by atoms with Gasteiger partial charge in [0.25, 0.3) is 0 Å². The third-order valence-electron chi connectivity index (χ3n) is 1.09. The van der Waals surface area contributed by atoms with Gasteiger partial charge in [0.15, 0.2) is 0 Å². The molecule has 1 heterocycles. The SMILES string of the molecule is CC(N)c1cn(C)nn1.Cl. The lowest BCUT2D eigenvalue weighted by molar-refractivity contribution is 0.708. The van der Waals surface area contributed by atoms with Gasteiger partial charge in [-0.1, -0.05) is 5.21 Å². The molecule has 0 saturated heterocycles. The first-order valence-electron chi connectivity index (χ1n) is 2.82. The highest BCUT2D eigenvalue weighted by atomic mass is 35.5. The highest BCUT2D eigenvalue weighted by molar-refractivity contribution is 5.85. The molecule has 0 saturated carbocycles. The fourth-order valence-electron chi connectivity index (χ4n) is 0.574. The van der Waals surface area contributed by atoms with Crippen molar-refractivity contribution in [2.45, 2.75) is 13.0 Å². The van der Waals surface area contributed by atoms with Gasteiger partial charge >= 0.3 is 0 Å². The van der Waals surface area contributed by atoms with Crippen LogP contribution >= 0.6 is 12.4 Å². The van der Waals surface area contributed by atoms with Crippen molar-refractivity contribution in [3.05, 3.63) is 11.9 Å². The van der Waals surface area contributed by atoms with E-state index in [4.69, 9.17) is 5.73 Å². The topological polar surface area (TPSA) is 56.7 Å². The summed E-state index contributed by atoms with van der Waals surface area (Å²) in [5.41, 5.74) is 6.34. The molecule has 4 nitrogen and oxygen atoms in total. The predicted molar refractivity (Wildman–Crippen MR) is 40.9 cm³/mol. The van der Waals surface area contributed by atoms with Crippen LogP contribution in [-0.4, -0.2) is 15.0 Å². The lowest BCUT2D eigenvalue weighted by Gasteiger charge is -1.94. The van der Waals surface area contributed by atoms with Crippen LogP contribution in [0.2, 0.25) is 0 Å². The summed E-state index contributed by atoms with van der Waals surface area (Å²) < 4.78 is 1.64. The molecule has 1 aromatic rings. The van der Waals surface area contributed by atoms with E-state index in [9.17, 15) is 0 Å². The Morgan fingerprint density at radius 1 is 1.70 bits per heavy atom. The van der Waals surface area contributed by atoms with Crippen molar-refractivity contribution >= 4 is 12.4 Å². The maximum atomic E-state index is 5.51. The van der Waals surface area contributed by atoms with Gasteiger partial charge in [-0.05, 0) is 6.92 Å². The third-order valence-corrected chi connectivity index (χ3v) is 1.09. The van der Waals surface area contributed by atoms with Gasteiger partial charge in [-0.25, -0.2) is 0 Å². The minimum Gasteiger partial charge on any atom is -0.323 e. The van der Waals surface area contributed by atoms with Gasteiger partial charge in [0.2, 0.25) is 0 Å². The number of rotatable bonds is 1. The van der Waals surface area contributed by atoms with Crippen molar-refractivity contribution in [3.8, 4) is 0 Å². The Hall–Kier alpha value is -0.610. The number of nitrogens with zero attached hydrogens (tertiary/aromatic N) is 3. The Labute approximate surface area is 65.8 Å². The summed E-state index contributed by atoms with van der Waals surface area (Å²) in [6.45, 7) is 1.88. The van der Waals surface area contributed by atoms with E-state index < -0.39 is 0 Å². The molecule has 0 aliphatic heterocycles. The summed E-state index contributed by atoms with van der Waals surface area (Å²) in [5, 5.41) is 7.53. The molecule has 0 aromatic carbocycles. The third kappa shape index (κ3) is 1.97. The molecule has 0 aliphatic rings.